The minimum atomic E-state index is -0.609. The van der Waals surface area contributed by atoms with Crippen molar-refractivity contribution in [2.45, 2.75) is 6.10 Å². The Balaban J connectivity index is 2.44. The van der Waals surface area contributed by atoms with Gasteiger partial charge in [-0.25, -0.2) is 0 Å². The van der Waals surface area contributed by atoms with Crippen molar-refractivity contribution in [3.63, 3.8) is 0 Å². The smallest absolute Gasteiger partial charge is 0.232 e. The molecule has 1 aromatic carbocycles. The molecule has 0 spiro atoms. The summed E-state index contributed by atoms with van der Waals surface area (Å²) in [5.41, 5.74) is 6.67. The Morgan fingerprint density at radius 2 is 2.29 bits per heavy atom. The predicted molar refractivity (Wildman–Crippen MR) is 62.8 cm³/mol. The van der Waals surface area contributed by atoms with E-state index in [0.29, 0.717) is 12.1 Å². The maximum absolute atomic E-state index is 9.78. The first kappa shape index (κ1) is 11.3. The molecule has 1 atom stereocenters. The number of phenolic OH excluding ortho intramolecular Hbond substituents is 1. The number of likely N-dealkylation sites (N-methyl/N-ethyl adjacent to an activating group) is 1. The van der Waals surface area contributed by atoms with Crippen LogP contribution in [0.25, 0.3) is 0 Å². The van der Waals surface area contributed by atoms with Gasteiger partial charge in [0.25, 0.3) is 0 Å². The van der Waals surface area contributed by atoms with Crippen LogP contribution in [0.5, 0.6) is 5.75 Å². The largest absolute Gasteiger partial charge is 0.506 e. The highest BCUT2D eigenvalue weighted by Crippen LogP contribution is 2.41. The number of aliphatic hydroxyl groups excluding tert-OH is 1. The Bertz CT molecular complexity index is 500. The van der Waals surface area contributed by atoms with Crippen LogP contribution in [0.2, 0.25) is 0 Å². The Morgan fingerprint density at radius 3 is 2.94 bits per heavy atom. The molecule has 1 aliphatic heterocycles. The van der Waals surface area contributed by atoms with Gasteiger partial charge in [0.05, 0.1) is 6.10 Å². The van der Waals surface area contributed by atoms with Crippen LogP contribution in [0.15, 0.2) is 22.4 Å². The van der Waals surface area contributed by atoms with Gasteiger partial charge in [0.15, 0.2) is 0 Å². The second kappa shape index (κ2) is 4.02. The normalized spacial score (nSPS) is 18.7. The SMILES string of the molecule is CN1CC(O)c2cc(N=NC(=N)N)c(O)cc21. The van der Waals surface area contributed by atoms with E-state index in [2.05, 4.69) is 10.2 Å². The van der Waals surface area contributed by atoms with E-state index in [1.54, 1.807) is 6.07 Å². The van der Waals surface area contributed by atoms with Gasteiger partial charge in [0, 0.05) is 30.9 Å². The lowest BCUT2D eigenvalue weighted by atomic mass is 10.1. The van der Waals surface area contributed by atoms with Crippen LogP contribution in [-0.4, -0.2) is 29.8 Å². The summed E-state index contributed by atoms with van der Waals surface area (Å²) < 4.78 is 0. The lowest BCUT2D eigenvalue weighted by Crippen LogP contribution is -2.14. The molecule has 7 nitrogen and oxygen atoms in total. The number of nitrogens with one attached hydrogen (secondary N) is 1. The zero-order valence-corrected chi connectivity index (χ0v) is 9.25. The van der Waals surface area contributed by atoms with Gasteiger partial charge < -0.3 is 20.8 Å². The number of fused-ring (bicyclic) bond motifs is 1. The van der Waals surface area contributed by atoms with Gasteiger partial charge in [-0.05, 0) is 6.07 Å². The maximum Gasteiger partial charge on any atom is 0.232 e. The monoisotopic (exact) mass is 235 g/mol. The van der Waals surface area contributed by atoms with E-state index in [1.165, 1.54) is 6.07 Å². The fourth-order valence-electron chi connectivity index (χ4n) is 1.82. The van der Waals surface area contributed by atoms with Crippen molar-refractivity contribution in [3.05, 3.63) is 17.7 Å². The van der Waals surface area contributed by atoms with Crippen LogP contribution in [-0.2, 0) is 0 Å². The molecule has 0 saturated heterocycles. The molecule has 0 radical (unpaired) electrons. The van der Waals surface area contributed by atoms with Crippen LogP contribution in [0, 0.1) is 5.41 Å². The number of nitrogens with zero attached hydrogens (tertiary/aromatic N) is 3. The van der Waals surface area contributed by atoms with E-state index in [4.69, 9.17) is 11.1 Å². The lowest BCUT2D eigenvalue weighted by molar-refractivity contribution is 0.195. The Kier molecular flexibility index (Phi) is 2.68. The highest BCUT2D eigenvalue weighted by molar-refractivity contribution is 5.75. The molecule has 90 valence electrons. The number of phenols is 1. The molecular weight excluding hydrogens is 222 g/mol. The van der Waals surface area contributed by atoms with Crippen molar-refractivity contribution in [2.24, 2.45) is 16.0 Å². The number of anilines is 1. The van der Waals surface area contributed by atoms with E-state index in [9.17, 15) is 10.2 Å². The summed E-state index contributed by atoms with van der Waals surface area (Å²) in [5.74, 6) is -0.503. The molecule has 1 heterocycles. The maximum atomic E-state index is 9.78. The molecule has 1 unspecified atom stereocenters. The first-order valence-corrected chi connectivity index (χ1v) is 5.01. The van der Waals surface area contributed by atoms with Gasteiger partial charge in [0.1, 0.15) is 11.4 Å². The van der Waals surface area contributed by atoms with Crippen LogP contribution >= 0.6 is 0 Å². The van der Waals surface area contributed by atoms with Gasteiger partial charge in [-0.15, -0.1) is 10.2 Å². The number of benzene rings is 1. The summed E-state index contributed by atoms with van der Waals surface area (Å²) in [4.78, 5) is 1.84. The number of hydrogen-bond donors (Lipinski definition) is 4. The summed E-state index contributed by atoms with van der Waals surface area (Å²) in [7, 11) is 1.82. The van der Waals surface area contributed by atoms with Gasteiger partial charge >= 0.3 is 0 Å². The Labute approximate surface area is 97.7 Å². The Morgan fingerprint density at radius 1 is 1.59 bits per heavy atom. The molecule has 5 N–H and O–H groups in total. The van der Waals surface area contributed by atoms with Crippen molar-refractivity contribution in [1.82, 2.24) is 0 Å². The zero-order chi connectivity index (χ0) is 12.6. The number of rotatable bonds is 1. The van der Waals surface area contributed by atoms with E-state index in [0.717, 1.165) is 5.69 Å². The minimum Gasteiger partial charge on any atom is -0.506 e. The Hall–Kier alpha value is -2.15. The fourth-order valence-corrected chi connectivity index (χ4v) is 1.82. The summed E-state index contributed by atoms with van der Waals surface area (Å²) in [6, 6.07) is 3.06. The third-order valence-corrected chi connectivity index (χ3v) is 2.61. The molecule has 17 heavy (non-hydrogen) atoms. The summed E-state index contributed by atoms with van der Waals surface area (Å²) in [6.07, 6.45) is -0.609. The third-order valence-electron chi connectivity index (χ3n) is 2.61. The molecular formula is C10H13N5O2. The number of aromatic hydroxyl groups is 1. The van der Waals surface area contributed by atoms with E-state index in [1.807, 2.05) is 11.9 Å². The number of azo groups is 1. The van der Waals surface area contributed by atoms with Crippen molar-refractivity contribution in [3.8, 4) is 5.75 Å². The molecule has 0 aliphatic carbocycles. The second-order valence-corrected chi connectivity index (χ2v) is 3.88. The first-order chi connectivity index (χ1) is 7.99. The lowest BCUT2D eigenvalue weighted by Gasteiger charge is -2.11. The predicted octanol–water partition coefficient (Wildman–Crippen LogP) is 0.853. The van der Waals surface area contributed by atoms with Gasteiger partial charge in [0.2, 0.25) is 5.96 Å². The number of hydrogen-bond acceptors (Lipinski definition) is 5. The minimum absolute atomic E-state index is 0.0605. The quantitative estimate of drug-likeness (QED) is 0.328. The summed E-state index contributed by atoms with van der Waals surface area (Å²) in [5, 5.41) is 33.4. The standard InChI is InChI=1S/C10H13N5O2/c1-15-4-9(17)5-2-6(13-14-10(11)12)8(16)3-7(5)15/h2-3,9,16-17H,4H2,1H3,(H3,11,12). The molecule has 1 aliphatic rings. The number of aliphatic hydroxyl groups is 1. The topological polar surface area (TPSA) is 118 Å². The average Bonchev–Trinajstić information content (AvgIpc) is 2.51. The van der Waals surface area contributed by atoms with Crippen LogP contribution < -0.4 is 10.6 Å². The van der Waals surface area contributed by atoms with E-state index < -0.39 is 12.1 Å². The first-order valence-electron chi connectivity index (χ1n) is 5.01. The van der Waals surface area contributed by atoms with Crippen molar-refractivity contribution < 1.29 is 10.2 Å². The number of nitrogens with two attached hydrogens (primary N) is 1. The molecule has 7 heteroatoms. The summed E-state index contributed by atoms with van der Waals surface area (Å²) in [6.45, 7) is 0.474. The van der Waals surface area contributed by atoms with Crippen LogP contribution in [0.3, 0.4) is 0 Å². The molecule has 0 amide bonds. The molecule has 0 aromatic heterocycles. The van der Waals surface area contributed by atoms with Gasteiger partial charge in [-0.1, -0.05) is 0 Å². The highest BCUT2D eigenvalue weighted by atomic mass is 16.3. The molecule has 1 aromatic rings. The second-order valence-electron chi connectivity index (χ2n) is 3.88. The van der Waals surface area contributed by atoms with Crippen molar-refractivity contribution in [2.75, 3.05) is 18.5 Å². The van der Waals surface area contributed by atoms with E-state index in [-0.39, 0.29) is 11.4 Å². The number of guanidine groups is 1. The highest BCUT2D eigenvalue weighted by Gasteiger charge is 2.26. The van der Waals surface area contributed by atoms with E-state index >= 15 is 0 Å². The van der Waals surface area contributed by atoms with Crippen molar-refractivity contribution >= 4 is 17.3 Å². The van der Waals surface area contributed by atoms with Gasteiger partial charge in [-0.2, -0.15) is 0 Å². The molecule has 0 bridgehead atoms. The van der Waals surface area contributed by atoms with Gasteiger partial charge in [-0.3, -0.25) is 5.41 Å². The summed E-state index contributed by atoms with van der Waals surface area (Å²) >= 11 is 0. The zero-order valence-electron chi connectivity index (χ0n) is 9.25. The molecule has 0 fully saturated rings. The van der Waals surface area contributed by atoms with Crippen LogP contribution in [0.4, 0.5) is 11.4 Å². The average molecular weight is 235 g/mol. The third kappa shape index (κ3) is 2.04. The fraction of sp³-hybridized carbons (Fsp3) is 0.300. The number of β-amino-alcohol motifs (C(OH)–C–C–N with tert-alkyl or cyclic N) is 1. The molecule has 0 saturated carbocycles. The van der Waals surface area contributed by atoms with Crippen LogP contribution in [0.1, 0.15) is 11.7 Å². The van der Waals surface area contributed by atoms with Crippen molar-refractivity contribution in [1.29, 1.82) is 5.41 Å². The molecule has 2 rings (SSSR count).